The maximum atomic E-state index is 13.2. The molecule has 0 aliphatic heterocycles. The molecule has 3 heteroatoms. The number of halogens is 2. The molecular formula is C11H13ClFN. The van der Waals surface area contributed by atoms with Crippen LogP contribution in [0.25, 0.3) is 0 Å². The SMILES string of the molecule is C=C(C)CNCc1cc(Cl)ccc1F. The van der Waals surface area contributed by atoms with E-state index in [1.165, 1.54) is 6.07 Å². The molecule has 0 aromatic heterocycles. The molecule has 0 atom stereocenters. The van der Waals surface area contributed by atoms with E-state index in [-0.39, 0.29) is 5.82 Å². The van der Waals surface area contributed by atoms with Gasteiger partial charge < -0.3 is 5.32 Å². The van der Waals surface area contributed by atoms with E-state index in [0.29, 0.717) is 23.7 Å². The van der Waals surface area contributed by atoms with Crippen LogP contribution in [-0.2, 0) is 6.54 Å². The van der Waals surface area contributed by atoms with Crippen molar-refractivity contribution in [1.29, 1.82) is 0 Å². The van der Waals surface area contributed by atoms with Crippen LogP contribution in [0, 0.1) is 5.82 Å². The van der Waals surface area contributed by atoms with E-state index in [0.717, 1.165) is 5.57 Å². The molecule has 1 N–H and O–H groups in total. The highest BCUT2D eigenvalue weighted by molar-refractivity contribution is 6.30. The lowest BCUT2D eigenvalue weighted by Gasteiger charge is -2.05. The van der Waals surface area contributed by atoms with E-state index in [9.17, 15) is 4.39 Å². The highest BCUT2D eigenvalue weighted by atomic mass is 35.5. The van der Waals surface area contributed by atoms with E-state index >= 15 is 0 Å². The zero-order chi connectivity index (χ0) is 10.6. The van der Waals surface area contributed by atoms with Crippen molar-refractivity contribution >= 4 is 11.6 Å². The van der Waals surface area contributed by atoms with Gasteiger partial charge in [-0.2, -0.15) is 0 Å². The summed E-state index contributed by atoms with van der Waals surface area (Å²) in [4.78, 5) is 0. The third-order valence-electron chi connectivity index (χ3n) is 1.75. The molecule has 0 radical (unpaired) electrons. The fourth-order valence-corrected chi connectivity index (χ4v) is 1.28. The van der Waals surface area contributed by atoms with Crippen LogP contribution in [0.1, 0.15) is 12.5 Å². The minimum Gasteiger partial charge on any atom is -0.309 e. The van der Waals surface area contributed by atoms with Crippen LogP contribution in [0.4, 0.5) is 4.39 Å². The molecule has 0 aliphatic rings. The number of rotatable bonds is 4. The molecule has 0 saturated heterocycles. The predicted octanol–water partition coefficient (Wildman–Crippen LogP) is 3.14. The average molecular weight is 214 g/mol. The molecule has 14 heavy (non-hydrogen) atoms. The van der Waals surface area contributed by atoms with Gasteiger partial charge in [-0.05, 0) is 25.1 Å². The Labute approximate surface area is 88.6 Å². The van der Waals surface area contributed by atoms with Crippen molar-refractivity contribution in [1.82, 2.24) is 5.32 Å². The van der Waals surface area contributed by atoms with Crippen molar-refractivity contribution in [2.45, 2.75) is 13.5 Å². The Morgan fingerprint density at radius 2 is 2.29 bits per heavy atom. The Bertz CT molecular complexity index is 336. The average Bonchev–Trinajstić information content (AvgIpc) is 2.10. The second-order valence-electron chi connectivity index (χ2n) is 3.30. The van der Waals surface area contributed by atoms with Gasteiger partial charge in [-0.3, -0.25) is 0 Å². The standard InChI is InChI=1S/C11H13ClFN/c1-8(2)6-14-7-9-5-10(12)3-4-11(9)13/h3-5,14H,1,6-7H2,2H3. The first-order valence-corrected chi connectivity index (χ1v) is 4.76. The Morgan fingerprint density at radius 3 is 2.93 bits per heavy atom. The molecule has 0 saturated carbocycles. The Hall–Kier alpha value is -0.860. The molecule has 0 amide bonds. The lowest BCUT2D eigenvalue weighted by atomic mass is 10.2. The molecule has 76 valence electrons. The zero-order valence-corrected chi connectivity index (χ0v) is 8.87. The van der Waals surface area contributed by atoms with Crippen molar-refractivity contribution in [2.75, 3.05) is 6.54 Å². The summed E-state index contributed by atoms with van der Waals surface area (Å²) in [6.45, 7) is 6.82. The third kappa shape index (κ3) is 3.48. The fourth-order valence-electron chi connectivity index (χ4n) is 1.09. The lowest BCUT2D eigenvalue weighted by molar-refractivity contribution is 0.595. The van der Waals surface area contributed by atoms with Crippen molar-refractivity contribution in [3.63, 3.8) is 0 Å². The zero-order valence-electron chi connectivity index (χ0n) is 8.11. The van der Waals surface area contributed by atoms with E-state index in [2.05, 4.69) is 11.9 Å². The summed E-state index contributed by atoms with van der Waals surface area (Å²) >= 11 is 5.75. The molecule has 1 nitrogen and oxygen atoms in total. The summed E-state index contributed by atoms with van der Waals surface area (Å²) in [5.74, 6) is -0.233. The largest absolute Gasteiger partial charge is 0.309 e. The van der Waals surface area contributed by atoms with Gasteiger partial charge in [-0.1, -0.05) is 23.8 Å². The summed E-state index contributed by atoms with van der Waals surface area (Å²) in [6.07, 6.45) is 0. The Morgan fingerprint density at radius 1 is 1.57 bits per heavy atom. The van der Waals surface area contributed by atoms with Crippen molar-refractivity contribution in [3.8, 4) is 0 Å². The van der Waals surface area contributed by atoms with Crippen LogP contribution < -0.4 is 5.32 Å². The van der Waals surface area contributed by atoms with Gasteiger partial charge in [0.2, 0.25) is 0 Å². The summed E-state index contributed by atoms with van der Waals surface area (Å²) in [6, 6.07) is 4.54. The van der Waals surface area contributed by atoms with E-state index < -0.39 is 0 Å². The Kier molecular flexibility index (Phi) is 4.11. The quantitative estimate of drug-likeness (QED) is 0.758. The highest BCUT2D eigenvalue weighted by Crippen LogP contribution is 2.14. The smallest absolute Gasteiger partial charge is 0.127 e. The van der Waals surface area contributed by atoms with Gasteiger partial charge in [0.25, 0.3) is 0 Å². The second kappa shape index (κ2) is 5.13. The molecule has 0 spiro atoms. The van der Waals surface area contributed by atoms with Gasteiger partial charge in [0.15, 0.2) is 0 Å². The first kappa shape index (κ1) is 11.2. The lowest BCUT2D eigenvalue weighted by Crippen LogP contribution is -2.16. The molecule has 0 aliphatic carbocycles. The minimum absolute atomic E-state index is 0.233. The number of nitrogens with one attached hydrogen (secondary N) is 1. The van der Waals surface area contributed by atoms with Gasteiger partial charge >= 0.3 is 0 Å². The monoisotopic (exact) mass is 213 g/mol. The van der Waals surface area contributed by atoms with Crippen LogP contribution >= 0.6 is 11.6 Å². The predicted molar refractivity (Wildman–Crippen MR) is 57.9 cm³/mol. The van der Waals surface area contributed by atoms with Gasteiger partial charge in [0, 0.05) is 23.7 Å². The topological polar surface area (TPSA) is 12.0 Å². The molecular weight excluding hydrogens is 201 g/mol. The van der Waals surface area contributed by atoms with Crippen LogP contribution in [0.15, 0.2) is 30.4 Å². The van der Waals surface area contributed by atoms with E-state index in [4.69, 9.17) is 11.6 Å². The van der Waals surface area contributed by atoms with Crippen LogP contribution in [-0.4, -0.2) is 6.54 Å². The number of benzene rings is 1. The molecule has 0 bridgehead atoms. The number of hydrogen-bond donors (Lipinski definition) is 1. The van der Waals surface area contributed by atoms with Crippen LogP contribution in [0.2, 0.25) is 5.02 Å². The van der Waals surface area contributed by atoms with Crippen LogP contribution in [0.3, 0.4) is 0 Å². The van der Waals surface area contributed by atoms with E-state index in [1.807, 2.05) is 6.92 Å². The molecule has 0 fully saturated rings. The van der Waals surface area contributed by atoms with Gasteiger partial charge in [0.1, 0.15) is 5.82 Å². The normalized spacial score (nSPS) is 10.2. The summed E-state index contributed by atoms with van der Waals surface area (Å²) in [7, 11) is 0. The molecule has 1 aromatic rings. The maximum Gasteiger partial charge on any atom is 0.127 e. The Balaban J connectivity index is 2.57. The van der Waals surface area contributed by atoms with Gasteiger partial charge in [0.05, 0.1) is 0 Å². The summed E-state index contributed by atoms with van der Waals surface area (Å²) in [5, 5.41) is 3.63. The molecule has 1 rings (SSSR count). The number of hydrogen-bond acceptors (Lipinski definition) is 1. The third-order valence-corrected chi connectivity index (χ3v) is 1.99. The maximum absolute atomic E-state index is 13.2. The molecule has 0 unspecified atom stereocenters. The summed E-state index contributed by atoms with van der Waals surface area (Å²) < 4.78 is 13.2. The van der Waals surface area contributed by atoms with Crippen molar-refractivity contribution in [3.05, 3.63) is 46.8 Å². The molecule has 0 heterocycles. The minimum atomic E-state index is -0.233. The highest BCUT2D eigenvalue weighted by Gasteiger charge is 2.01. The fraction of sp³-hybridized carbons (Fsp3) is 0.273. The van der Waals surface area contributed by atoms with Crippen molar-refractivity contribution < 1.29 is 4.39 Å². The van der Waals surface area contributed by atoms with E-state index in [1.54, 1.807) is 12.1 Å². The van der Waals surface area contributed by atoms with Gasteiger partial charge in [-0.25, -0.2) is 4.39 Å². The van der Waals surface area contributed by atoms with Gasteiger partial charge in [-0.15, -0.1) is 0 Å². The first-order chi connectivity index (χ1) is 6.59. The summed E-state index contributed by atoms with van der Waals surface area (Å²) in [5.41, 5.74) is 1.60. The molecule has 1 aromatic carbocycles. The first-order valence-electron chi connectivity index (χ1n) is 4.38. The van der Waals surface area contributed by atoms with Crippen LogP contribution in [0.5, 0.6) is 0 Å². The second-order valence-corrected chi connectivity index (χ2v) is 3.73. The van der Waals surface area contributed by atoms with Crippen molar-refractivity contribution in [2.24, 2.45) is 0 Å².